The van der Waals surface area contributed by atoms with Crippen molar-refractivity contribution in [1.82, 2.24) is 4.90 Å². The first-order valence-corrected chi connectivity index (χ1v) is 6.18. The molecule has 19 heavy (non-hydrogen) atoms. The minimum absolute atomic E-state index is 0. The van der Waals surface area contributed by atoms with Crippen LogP contribution in [-0.2, 0) is 23.6 Å². The van der Waals surface area contributed by atoms with E-state index in [9.17, 15) is 0 Å². The Kier molecular flexibility index (Phi) is 10.9. The quantitative estimate of drug-likeness (QED) is 0.442. The third-order valence-corrected chi connectivity index (χ3v) is 2.47. The van der Waals surface area contributed by atoms with Gasteiger partial charge in [0.05, 0.1) is 0 Å². The van der Waals surface area contributed by atoms with Crippen molar-refractivity contribution in [3.63, 3.8) is 0 Å². The molecule has 2 aromatic carbocycles. The van der Waals surface area contributed by atoms with E-state index in [-0.39, 0.29) is 17.1 Å². The summed E-state index contributed by atoms with van der Waals surface area (Å²) in [5, 5.41) is 0. The summed E-state index contributed by atoms with van der Waals surface area (Å²) < 4.78 is 0. The van der Waals surface area contributed by atoms with Crippen LogP contribution in [0.15, 0.2) is 79.9 Å². The van der Waals surface area contributed by atoms with Gasteiger partial charge in [0.25, 0.3) is 0 Å². The van der Waals surface area contributed by atoms with E-state index in [0.29, 0.717) is 0 Å². The van der Waals surface area contributed by atoms with Crippen molar-refractivity contribution in [3.8, 4) is 0 Å². The van der Waals surface area contributed by atoms with Gasteiger partial charge in [0.15, 0.2) is 0 Å². The summed E-state index contributed by atoms with van der Waals surface area (Å²) in [4.78, 5) is 2.29. The van der Waals surface area contributed by atoms with Gasteiger partial charge in [0, 0.05) is 30.2 Å². The minimum atomic E-state index is 0. The summed E-state index contributed by atoms with van der Waals surface area (Å²) in [6.07, 6.45) is 3.85. The van der Waals surface area contributed by atoms with Gasteiger partial charge in [-0.15, -0.1) is 18.7 Å². The van der Waals surface area contributed by atoms with Crippen LogP contribution in [0.1, 0.15) is 5.56 Å². The van der Waals surface area contributed by atoms with E-state index in [1.807, 2.05) is 42.5 Å². The molecular formula is C17H21FeN-6. The minimum Gasteiger partial charge on any atom is -0.748 e. The molecule has 2 rings (SSSR count). The van der Waals surface area contributed by atoms with Crippen LogP contribution in [0.2, 0.25) is 0 Å². The Labute approximate surface area is 127 Å². The maximum atomic E-state index is 3.74. The van der Waals surface area contributed by atoms with Gasteiger partial charge < -0.3 is 35.2 Å². The second-order valence-corrected chi connectivity index (χ2v) is 4.03. The van der Waals surface area contributed by atoms with E-state index in [2.05, 4.69) is 42.3 Å². The molecule has 2 aromatic rings. The van der Waals surface area contributed by atoms with E-state index in [0.717, 1.165) is 19.6 Å². The third-order valence-electron chi connectivity index (χ3n) is 2.47. The second kappa shape index (κ2) is 11.7. The van der Waals surface area contributed by atoms with Crippen molar-refractivity contribution in [1.29, 1.82) is 0 Å². The van der Waals surface area contributed by atoms with E-state index in [1.165, 1.54) is 5.56 Å². The molecule has 0 aromatic heterocycles. The van der Waals surface area contributed by atoms with E-state index in [1.54, 1.807) is 0 Å². The normalized spacial score (nSPS) is 9.11. The van der Waals surface area contributed by atoms with E-state index < -0.39 is 0 Å². The predicted molar refractivity (Wildman–Crippen MR) is 79.7 cm³/mol. The fourth-order valence-electron chi connectivity index (χ4n) is 1.67. The standard InChI is InChI=1S/C12H16N.C5H5.Fe/c1-3-9-13(10-4-2)11-12-7-5-6-8-12;1-2-4-5-3-1;/h3-8H,1-2,9-11H2;1-5H;/q-1;-5;. The van der Waals surface area contributed by atoms with Gasteiger partial charge in [0.2, 0.25) is 0 Å². The largest absolute Gasteiger partial charge is 0.748 e. The van der Waals surface area contributed by atoms with Crippen molar-refractivity contribution >= 4 is 0 Å². The third kappa shape index (κ3) is 8.39. The Bertz CT molecular complexity index is 373. The first kappa shape index (κ1) is 17.7. The molecule has 0 N–H and O–H groups in total. The Balaban J connectivity index is 0.000000454. The summed E-state index contributed by atoms with van der Waals surface area (Å²) in [7, 11) is 0. The average Bonchev–Trinajstić information content (AvgIpc) is 3.05. The van der Waals surface area contributed by atoms with Crippen molar-refractivity contribution in [2.24, 2.45) is 0 Å². The number of hydrogen-bond acceptors (Lipinski definition) is 1. The molecule has 0 fully saturated rings. The SMILES string of the molecule is C=CCN(CC=C)C[c-]1cccc1.[Fe].[cH-]1[cH-][cH-][cH-][cH-]1. The van der Waals surface area contributed by atoms with E-state index in [4.69, 9.17) is 0 Å². The molecule has 1 nitrogen and oxygen atoms in total. The average molecular weight is 295 g/mol. The van der Waals surface area contributed by atoms with Crippen molar-refractivity contribution in [3.05, 3.63) is 85.5 Å². The Morgan fingerprint density at radius 1 is 0.895 bits per heavy atom. The molecule has 0 aliphatic carbocycles. The summed E-state index contributed by atoms with van der Waals surface area (Å²) in [5.74, 6) is 0. The Hall–Kier alpha value is -1.34. The number of nitrogens with zero attached hydrogens (tertiary/aromatic N) is 1. The molecule has 0 spiro atoms. The van der Waals surface area contributed by atoms with Gasteiger partial charge in [-0.3, -0.25) is 0 Å². The smallest absolute Gasteiger partial charge is 0.0156 e. The fraction of sp³-hybridized carbons (Fsp3) is 0.176. The molecule has 2 heteroatoms. The molecule has 0 aliphatic heterocycles. The first-order valence-electron chi connectivity index (χ1n) is 6.18. The molecule has 0 saturated heterocycles. The van der Waals surface area contributed by atoms with Gasteiger partial charge in [-0.2, -0.15) is 12.1 Å². The Morgan fingerprint density at radius 2 is 1.32 bits per heavy atom. The zero-order valence-electron chi connectivity index (χ0n) is 11.2. The summed E-state index contributed by atoms with van der Waals surface area (Å²) in [6.45, 7) is 10.3. The molecular weight excluding hydrogens is 274 g/mol. The van der Waals surface area contributed by atoms with Crippen LogP contribution >= 0.6 is 0 Å². The zero-order chi connectivity index (χ0) is 13.1. The van der Waals surface area contributed by atoms with Crippen LogP contribution in [0, 0.1) is 0 Å². The first-order chi connectivity index (χ1) is 8.86. The van der Waals surface area contributed by atoms with Crippen LogP contribution in [0.5, 0.6) is 0 Å². The maximum absolute atomic E-state index is 3.74. The monoisotopic (exact) mass is 295 g/mol. The van der Waals surface area contributed by atoms with Gasteiger partial charge in [0.1, 0.15) is 0 Å². The Morgan fingerprint density at radius 3 is 1.68 bits per heavy atom. The van der Waals surface area contributed by atoms with Crippen LogP contribution in [0.25, 0.3) is 0 Å². The van der Waals surface area contributed by atoms with Crippen molar-refractivity contribution < 1.29 is 17.1 Å². The maximum Gasteiger partial charge on any atom is 0.0156 e. The van der Waals surface area contributed by atoms with Gasteiger partial charge in [-0.1, -0.05) is 12.2 Å². The topological polar surface area (TPSA) is 3.24 Å². The van der Waals surface area contributed by atoms with Crippen LogP contribution in [0.3, 0.4) is 0 Å². The molecule has 0 unspecified atom stereocenters. The fourth-order valence-corrected chi connectivity index (χ4v) is 1.67. The van der Waals surface area contributed by atoms with Crippen LogP contribution < -0.4 is 0 Å². The van der Waals surface area contributed by atoms with E-state index >= 15 is 0 Å². The number of rotatable bonds is 6. The van der Waals surface area contributed by atoms with Crippen LogP contribution in [-0.4, -0.2) is 18.0 Å². The predicted octanol–water partition coefficient (Wildman–Crippen LogP) is 3.98. The molecule has 0 saturated carbocycles. The second-order valence-electron chi connectivity index (χ2n) is 4.03. The molecule has 0 radical (unpaired) electrons. The zero-order valence-corrected chi connectivity index (χ0v) is 12.3. The summed E-state index contributed by atoms with van der Waals surface area (Å²) in [5.41, 5.74) is 1.35. The molecule has 0 amide bonds. The van der Waals surface area contributed by atoms with Crippen molar-refractivity contribution in [2.75, 3.05) is 13.1 Å². The number of hydrogen-bond donors (Lipinski definition) is 0. The molecule has 108 valence electrons. The van der Waals surface area contributed by atoms with Gasteiger partial charge in [-0.05, 0) is 6.54 Å². The molecule has 0 atom stereocenters. The summed E-state index contributed by atoms with van der Waals surface area (Å²) in [6, 6.07) is 18.4. The molecule has 0 heterocycles. The molecule has 0 aliphatic rings. The van der Waals surface area contributed by atoms with Gasteiger partial charge >= 0.3 is 0 Å². The van der Waals surface area contributed by atoms with Crippen molar-refractivity contribution in [2.45, 2.75) is 6.54 Å². The molecule has 0 bridgehead atoms. The summed E-state index contributed by atoms with van der Waals surface area (Å²) >= 11 is 0. The van der Waals surface area contributed by atoms with Gasteiger partial charge in [-0.25, -0.2) is 12.1 Å². The van der Waals surface area contributed by atoms with Crippen LogP contribution in [0.4, 0.5) is 0 Å².